The summed E-state index contributed by atoms with van der Waals surface area (Å²) in [6.07, 6.45) is -0.123. The predicted molar refractivity (Wildman–Crippen MR) is 92.2 cm³/mol. The molecule has 2 aromatic rings. The molecule has 0 radical (unpaired) electrons. The topological polar surface area (TPSA) is 139 Å². The van der Waals surface area contributed by atoms with E-state index in [4.69, 9.17) is 9.63 Å². The van der Waals surface area contributed by atoms with E-state index in [1.54, 1.807) is 24.3 Å². The summed E-state index contributed by atoms with van der Waals surface area (Å²) in [7, 11) is -3.97. The predicted octanol–water partition coefficient (Wildman–Crippen LogP) is 1.22. The normalized spacial score (nSPS) is 12.6. The second-order valence-electron chi connectivity index (χ2n) is 5.75. The number of nitrogens with zero attached hydrogens (tertiary/aromatic N) is 1. The Balaban J connectivity index is 2.04. The summed E-state index contributed by atoms with van der Waals surface area (Å²) in [5.74, 6) is -1.38. The van der Waals surface area contributed by atoms with Crippen LogP contribution in [-0.4, -0.2) is 36.6 Å². The number of sulfonamides is 1. The SMILES string of the molecule is Cc1noc(C)c1S(=O)(=O)NC(C)C(=O)Nc1ccc(CC(=O)O)cc1. The van der Waals surface area contributed by atoms with Crippen LogP contribution >= 0.6 is 0 Å². The van der Waals surface area contributed by atoms with E-state index in [0.717, 1.165) is 0 Å². The van der Waals surface area contributed by atoms with E-state index >= 15 is 0 Å². The van der Waals surface area contributed by atoms with Gasteiger partial charge in [0.05, 0.1) is 12.5 Å². The first-order valence-electron chi connectivity index (χ1n) is 7.67. The molecule has 0 aliphatic rings. The highest BCUT2D eigenvalue weighted by Gasteiger charge is 2.28. The van der Waals surface area contributed by atoms with Gasteiger partial charge in [-0.2, -0.15) is 4.72 Å². The Kier molecular flexibility index (Phi) is 5.78. The van der Waals surface area contributed by atoms with Gasteiger partial charge in [-0.05, 0) is 38.5 Å². The quantitative estimate of drug-likeness (QED) is 0.655. The van der Waals surface area contributed by atoms with Crippen LogP contribution in [0.15, 0.2) is 33.7 Å². The van der Waals surface area contributed by atoms with E-state index in [1.807, 2.05) is 0 Å². The molecule has 0 saturated heterocycles. The zero-order chi connectivity index (χ0) is 19.5. The number of amides is 1. The number of nitrogens with one attached hydrogen (secondary N) is 2. The van der Waals surface area contributed by atoms with Crippen LogP contribution in [0.25, 0.3) is 0 Å². The molecule has 3 N–H and O–H groups in total. The van der Waals surface area contributed by atoms with Gasteiger partial charge in [0.25, 0.3) is 0 Å². The molecule has 9 nitrogen and oxygen atoms in total. The molecule has 1 unspecified atom stereocenters. The summed E-state index contributed by atoms with van der Waals surface area (Å²) in [5.41, 5.74) is 1.21. The minimum Gasteiger partial charge on any atom is -0.481 e. The third-order valence-electron chi connectivity index (χ3n) is 3.54. The largest absolute Gasteiger partial charge is 0.481 e. The van der Waals surface area contributed by atoms with Gasteiger partial charge in [-0.1, -0.05) is 17.3 Å². The summed E-state index contributed by atoms with van der Waals surface area (Å²) in [6, 6.07) is 5.19. The molecule has 0 aliphatic heterocycles. The van der Waals surface area contributed by atoms with Crippen molar-refractivity contribution in [3.05, 3.63) is 41.3 Å². The summed E-state index contributed by atoms with van der Waals surface area (Å²) in [6.45, 7) is 4.37. The number of hydrogen-bond acceptors (Lipinski definition) is 6. The highest BCUT2D eigenvalue weighted by molar-refractivity contribution is 7.89. The van der Waals surface area contributed by atoms with Crippen LogP contribution in [-0.2, 0) is 26.0 Å². The smallest absolute Gasteiger partial charge is 0.307 e. The summed E-state index contributed by atoms with van der Waals surface area (Å²) >= 11 is 0. The minimum absolute atomic E-state index is 0.0878. The third-order valence-corrected chi connectivity index (χ3v) is 5.32. The van der Waals surface area contributed by atoms with Crippen LogP contribution in [0.4, 0.5) is 5.69 Å². The molecule has 1 heterocycles. The molecular weight excluding hydrogens is 362 g/mol. The van der Waals surface area contributed by atoms with Crippen LogP contribution < -0.4 is 10.0 Å². The molecule has 0 saturated carbocycles. The number of carbonyl (C=O) groups is 2. The van der Waals surface area contributed by atoms with E-state index in [1.165, 1.54) is 20.8 Å². The number of aromatic nitrogens is 1. The van der Waals surface area contributed by atoms with Crippen LogP contribution in [0.3, 0.4) is 0 Å². The van der Waals surface area contributed by atoms with Gasteiger partial charge >= 0.3 is 5.97 Å². The van der Waals surface area contributed by atoms with Crippen molar-refractivity contribution < 1.29 is 27.6 Å². The number of rotatable bonds is 7. The van der Waals surface area contributed by atoms with Crippen molar-refractivity contribution in [2.24, 2.45) is 0 Å². The van der Waals surface area contributed by atoms with Gasteiger partial charge in [0.2, 0.25) is 15.9 Å². The molecule has 1 aromatic carbocycles. The molecule has 1 amide bonds. The maximum Gasteiger partial charge on any atom is 0.307 e. The Hall–Kier alpha value is -2.72. The van der Waals surface area contributed by atoms with Crippen molar-refractivity contribution in [2.45, 2.75) is 38.1 Å². The number of carbonyl (C=O) groups excluding carboxylic acids is 1. The van der Waals surface area contributed by atoms with Gasteiger partial charge in [-0.3, -0.25) is 9.59 Å². The minimum atomic E-state index is -3.97. The van der Waals surface area contributed by atoms with Gasteiger partial charge in [0, 0.05) is 5.69 Å². The maximum absolute atomic E-state index is 12.4. The van der Waals surface area contributed by atoms with Crippen molar-refractivity contribution in [1.29, 1.82) is 0 Å². The number of carboxylic acid groups (broad SMARTS) is 1. The van der Waals surface area contributed by atoms with Gasteiger partial charge < -0.3 is 14.9 Å². The van der Waals surface area contributed by atoms with Gasteiger partial charge in [0.15, 0.2) is 5.76 Å². The van der Waals surface area contributed by atoms with Crippen molar-refractivity contribution in [3.63, 3.8) is 0 Å². The second kappa shape index (κ2) is 7.67. The van der Waals surface area contributed by atoms with E-state index in [9.17, 15) is 18.0 Å². The lowest BCUT2D eigenvalue weighted by molar-refractivity contribution is -0.136. The third kappa shape index (κ3) is 4.67. The first-order chi connectivity index (χ1) is 12.1. The number of hydrogen-bond donors (Lipinski definition) is 3. The van der Waals surface area contributed by atoms with E-state index in [-0.39, 0.29) is 22.8 Å². The van der Waals surface area contributed by atoms with Crippen LogP contribution in [0.5, 0.6) is 0 Å². The first-order valence-corrected chi connectivity index (χ1v) is 9.15. The fourth-order valence-electron chi connectivity index (χ4n) is 2.33. The number of anilines is 1. The zero-order valence-corrected chi connectivity index (χ0v) is 15.3. The van der Waals surface area contributed by atoms with Crippen LogP contribution in [0.1, 0.15) is 23.9 Å². The maximum atomic E-state index is 12.4. The Morgan fingerprint density at radius 3 is 2.35 bits per heavy atom. The molecule has 0 aliphatic carbocycles. The fraction of sp³-hybridized carbons (Fsp3) is 0.312. The highest BCUT2D eigenvalue weighted by Crippen LogP contribution is 2.19. The standard InChI is InChI=1S/C16H19N3O6S/c1-9-15(11(3)25-18-9)26(23,24)19-10(2)16(22)17-13-6-4-12(5-7-13)8-14(20)21/h4-7,10,19H,8H2,1-3H3,(H,17,22)(H,20,21). The molecule has 1 aromatic heterocycles. The van der Waals surface area contributed by atoms with Crippen molar-refractivity contribution in [2.75, 3.05) is 5.32 Å². The lowest BCUT2D eigenvalue weighted by Gasteiger charge is -2.14. The monoisotopic (exact) mass is 381 g/mol. The summed E-state index contributed by atoms with van der Waals surface area (Å²) < 4.78 is 31.9. The Morgan fingerprint density at radius 2 is 1.85 bits per heavy atom. The molecule has 0 spiro atoms. The number of aryl methyl sites for hydroxylation is 2. The fourth-order valence-corrected chi connectivity index (χ4v) is 3.87. The Morgan fingerprint density at radius 1 is 1.23 bits per heavy atom. The first kappa shape index (κ1) is 19.6. The molecule has 2 rings (SSSR count). The highest BCUT2D eigenvalue weighted by atomic mass is 32.2. The number of aliphatic carboxylic acids is 1. The van der Waals surface area contributed by atoms with Crippen LogP contribution in [0, 0.1) is 13.8 Å². The Bertz CT molecular complexity index is 898. The number of carboxylic acids is 1. The van der Waals surface area contributed by atoms with Gasteiger partial charge in [-0.15, -0.1) is 0 Å². The number of benzene rings is 1. The Labute approximate surface area is 150 Å². The van der Waals surface area contributed by atoms with E-state index in [2.05, 4.69) is 15.2 Å². The van der Waals surface area contributed by atoms with Crippen molar-refractivity contribution in [3.8, 4) is 0 Å². The van der Waals surface area contributed by atoms with E-state index in [0.29, 0.717) is 11.3 Å². The average Bonchev–Trinajstić information content (AvgIpc) is 2.87. The summed E-state index contributed by atoms with van der Waals surface area (Å²) in [5, 5.41) is 14.9. The second-order valence-corrected chi connectivity index (χ2v) is 7.40. The molecule has 10 heteroatoms. The lowest BCUT2D eigenvalue weighted by atomic mass is 10.1. The molecule has 0 fully saturated rings. The zero-order valence-electron chi connectivity index (χ0n) is 14.4. The van der Waals surface area contributed by atoms with Gasteiger partial charge in [-0.25, -0.2) is 8.42 Å². The van der Waals surface area contributed by atoms with Gasteiger partial charge in [0.1, 0.15) is 10.6 Å². The molecule has 1 atom stereocenters. The molecule has 0 bridgehead atoms. The lowest BCUT2D eigenvalue weighted by Crippen LogP contribution is -2.41. The van der Waals surface area contributed by atoms with E-state index < -0.39 is 27.9 Å². The average molecular weight is 381 g/mol. The van der Waals surface area contributed by atoms with Crippen LogP contribution in [0.2, 0.25) is 0 Å². The molecule has 26 heavy (non-hydrogen) atoms. The molecule has 140 valence electrons. The van der Waals surface area contributed by atoms with Crippen molar-refractivity contribution in [1.82, 2.24) is 9.88 Å². The molecular formula is C16H19N3O6S. The van der Waals surface area contributed by atoms with Crippen molar-refractivity contribution >= 4 is 27.6 Å². The summed E-state index contributed by atoms with van der Waals surface area (Å²) in [4.78, 5) is 22.8.